The molecule has 0 aliphatic heterocycles. The van der Waals surface area contributed by atoms with Crippen LogP contribution in [0.2, 0.25) is 10.0 Å². The van der Waals surface area contributed by atoms with Crippen LogP contribution in [0, 0.1) is 0 Å². The maximum atomic E-state index is 13.3. The van der Waals surface area contributed by atoms with E-state index in [0.717, 1.165) is 0 Å². The first-order valence-electron chi connectivity index (χ1n) is 11.4. The summed E-state index contributed by atoms with van der Waals surface area (Å²) < 4.78 is 21.9. The van der Waals surface area contributed by atoms with E-state index in [9.17, 15) is 9.59 Å². The van der Waals surface area contributed by atoms with Gasteiger partial charge in [-0.25, -0.2) is 9.78 Å². The molecule has 1 unspecified atom stereocenters. The molecule has 1 heterocycles. The molecule has 0 spiro atoms. The number of para-hydroxylation sites is 1. The molecule has 196 valence electrons. The molecule has 10 heteroatoms. The van der Waals surface area contributed by atoms with Crippen LogP contribution in [0.15, 0.2) is 60.7 Å². The van der Waals surface area contributed by atoms with Crippen LogP contribution in [0.25, 0.3) is 22.2 Å². The van der Waals surface area contributed by atoms with Crippen molar-refractivity contribution in [2.75, 3.05) is 26.6 Å². The molecule has 0 radical (unpaired) electrons. The third-order valence-electron chi connectivity index (χ3n) is 5.68. The van der Waals surface area contributed by atoms with Crippen molar-refractivity contribution < 1.29 is 28.5 Å². The predicted octanol–water partition coefficient (Wildman–Crippen LogP) is 6.42. The molecule has 3 aromatic carbocycles. The number of fused-ring (bicyclic) bond motifs is 1. The number of carbonyl (C=O) groups is 2. The van der Waals surface area contributed by atoms with Crippen molar-refractivity contribution in [2.24, 2.45) is 0 Å². The molecule has 0 fully saturated rings. The van der Waals surface area contributed by atoms with Gasteiger partial charge in [0.2, 0.25) is 5.75 Å². The van der Waals surface area contributed by atoms with Gasteiger partial charge in [0.25, 0.3) is 5.91 Å². The number of esters is 1. The van der Waals surface area contributed by atoms with Crippen molar-refractivity contribution in [1.29, 1.82) is 0 Å². The number of aromatic nitrogens is 1. The van der Waals surface area contributed by atoms with Crippen molar-refractivity contribution >= 4 is 51.7 Å². The zero-order valence-electron chi connectivity index (χ0n) is 21.0. The molecule has 0 saturated heterocycles. The van der Waals surface area contributed by atoms with Crippen LogP contribution >= 0.6 is 23.2 Å². The van der Waals surface area contributed by atoms with Gasteiger partial charge in [-0.3, -0.25) is 4.79 Å². The Morgan fingerprint density at radius 1 is 0.868 bits per heavy atom. The summed E-state index contributed by atoms with van der Waals surface area (Å²) in [6.45, 7) is 1.48. The van der Waals surface area contributed by atoms with Crippen LogP contribution in [0.3, 0.4) is 0 Å². The van der Waals surface area contributed by atoms with Gasteiger partial charge in [-0.05, 0) is 49.4 Å². The van der Waals surface area contributed by atoms with Crippen molar-refractivity contribution in [3.8, 4) is 28.5 Å². The van der Waals surface area contributed by atoms with Gasteiger partial charge in [-0.2, -0.15) is 0 Å². The van der Waals surface area contributed by atoms with Crippen molar-refractivity contribution in [3.63, 3.8) is 0 Å². The number of benzene rings is 3. The van der Waals surface area contributed by atoms with E-state index in [2.05, 4.69) is 5.32 Å². The van der Waals surface area contributed by atoms with E-state index < -0.39 is 18.0 Å². The number of hydrogen-bond acceptors (Lipinski definition) is 7. The Kier molecular flexibility index (Phi) is 8.24. The minimum absolute atomic E-state index is 0.241. The highest BCUT2D eigenvalue weighted by atomic mass is 35.5. The Labute approximate surface area is 229 Å². The van der Waals surface area contributed by atoms with Crippen LogP contribution in [0.5, 0.6) is 17.2 Å². The van der Waals surface area contributed by atoms with Crippen LogP contribution in [-0.4, -0.2) is 44.3 Å². The Morgan fingerprint density at radius 3 is 2.11 bits per heavy atom. The summed E-state index contributed by atoms with van der Waals surface area (Å²) in [5, 5.41) is 3.95. The molecule has 1 amide bonds. The first kappa shape index (κ1) is 27.0. The number of carbonyl (C=O) groups excluding carboxylic acids is 2. The lowest BCUT2D eigenvalue weighted by atomic mass is 10.0. The summed E-state index contributed by atoms with van der Waals surface area (Å²) in [6, 6.07) is 16.9. The Balaban J connectivity index is 1.68. The summed E-state index contributed by atoms with van der Waals surface area (Å²) >= 11 is 12.0. The Bertz CT molecular complexity index is 1480. The van der Waals surface area contributed by atoms with Gasteiger partial charge in [-0.1, -0.05) is 41.4 Å². The van der Waals surface area contributed by atoms with Crippen LogP contribution < -0.4 is 19.5 Å². The van der Waals surface area contributed by atoms with Crippen molar-refractivity contribution in [1.82, 2.24) is 4.98 Å². The molecule has 1 N–H and O–H groups in total. The predicted molar refractivity (Wildman–Crippen MR) is 147 cm³/mol. The molecular formula is C28H24Cl2N2O6. The normalized spacial score (nSPS) is 11.5. The van der Waals surface area contributed by atoms with Crippen LogP contribution in [0.4, 0.5) is 5.69 Å². The highest BCUT2D eigenvalue weighted by Crippen LogP contribution is 2.41. The van der Waals surface area contributed by atoms with Gasteiger partial charge in [0, 0.05) is 26.7 Å². The fourth-order valence-corrected chi connectivity index (χ4v) is 4.39. The van der Waals surface area contributed by atoms with Gasteiger partial charge in [-0.15, -0.1) is 0 Å². The van der Waals surface area contributed by atoms with Gasteiger partial charge >= 0.3 is 5.97 Å². The summed E-state index contributed by atoms with van der Waals surface area (Å²) in [4.78, 5) is 30.8. The lowest BCUT2D eigenvalue weighted by Crippen LogP contribution is -2.30. The SMILES string of the molecule is COc1cc(-c2cc(C(=O)OC(C)C(=O)Nc3cc(Cl)cc(Cl)c3)c3ccccc3n2)cc(OC)c1OC. The van der Waals surface area contributed by atoms with E-state index in [1.54, 1.807) is 54.6 Å². The molecule has 38 heavy (non-hydrogen) atoms. The number of rotatable bonds is 8. The lowest BCUT2D eigenvalue weighted by Gasteiger charge is -2.16. The van der Waals surface area contributed by atoms with E-state index in [1.165, 1.54) is 28.3 Å². The molecule has 8 nitrogen and oxygen atoms in total. The van der Waals surface area contributed by atoms with Gasteiger partial charge in [0.15, 0.2) is 17.6 Å². The number of methoxy groups -OCH3 is 3. The number of ether oxygens (including phenoxy) is 4. The van der Waals surface area contributed by atoms with Gasteiger partial charge in [0.1, 0.15) is 0 Å². The fraction of sp³-hybridized carbons (Fsp3) is 0.179. The smallest absolute Gasteiger partial charge is 0.339 e. The monoisotopic (exact) mass is 554 g/mol. The minimum atomic E-state index is -1.11. The second-order valence-corrected chi connectivity index (χ2v) is 9.05. The largest absolute Gasteiger partial charge is 0.493 e. The standard InChI is InChI=1S/C28H24Cl2N2O6/c1-15(27(33)31-19-12-17(29)11-18(30)13-19)38-28(34)21-14-23(32-22-8-6-5-7-20(21)22)16-9-24(35-2)26(37-4)25(10-16)36-3/h5-15H,1-4H3,(H,31,33). The average Bonchev–Trinajstić information content (AvgIpc) is 2.90. The highest BCUT2D eigenvalue weighted by Gasteiger charge is 2.23. The van der Waals surface area contributed by atoms with E-state index in [1.807, 2.05) is 6.07 Å². The van der Waals surface area contributed by atoms with Crippen LogP contribution in [-0.2, 0) is 9.53 Å². The Morgan fingerprint density at radius 2 is 1.50 bits per heavy atom. The number of hydrogen-bond donors (Lipinski definition) is 1. The molecule has 4 aromatic rings. The molecule has 0 bridgehead atoms. The number of amides is 1. The quantitative estimate of drug-likeness (QED) is 0.251. The fourth-order valence-electron chi connectivity index (χ4n) is 3.87. The average molecular weight is 555 g/mol. The maximum Gasteiger partial charge on any atom is 0.339 e. The van der Waals surface area contributed by atoms with Crippen molar-refractivity contribution in [2.45, 2.75) is 13.0 Å². The molecule has 0 aliphatic rings. The summed E-state index contributed by atoms with van der Waals surface area (Å²) in [5.74, 6) is 0.0728. The number of nitrogens with zero attached hydrogens (tertiary/aromatic N) is 1. The summed E-state index contributed by atoms with van der Waals surface area (Å²) in [5.41, 5.74) is 2.29. The summed E-state index contributed by atoms with van der Waals surface area (Å²) in [7, 11) is 4.55. The first-order valence-corrected chi connectivity index (χ1v) is 12.2. The minimum Gasteiger partial charge on any atom is -0.493 e. The molecule has 1 aromatic heterocycles. The third-order valence-corrected chi connectivity index (χ3v) is 6.12. The summed E-state index contributed by atoms with van der Waals surface area (Å²) in [6.07, 6.45) is -1.11. The Hall–Kier alpha value is -4.01. The lowest BCUT2D eigenvalue weighted by molar-refractivity contribution is -0.123. The maximum absolute atomic E-state index is 13.3. The molecule has 4 rings (SSSR count). The van der Waals surface area contributed by atoms with E-state index in [0.29, 0.717) is 55.1 Å². The van der Waals surface area contributed by atoms with E-state index in [-0.39, 0.29) is 5.56 Å². The highest BCUT2D eigenvalue weighted by molar-refractivity contribution is 6.35. The van der Waals surface area contributed by atoms with Gasteiger partial charge < -0.3 is 24.3 Å². The molecular weight excluding hydrogens is 531 g/mol. The zero-order chi connectivity index (χ0) is 27.4. The number of anilines is 1. The topological polar surface area (TPSA) is 96.0 Å². The van der Waals surface area contributed by atoms with E-state index >= 15 is 0 Å². The van der Waals surface area contributed by atoms with Crippen molar-refractivity contribution in [3.05, 3.63) is 76.3 Å². The molecule has 1 atom stereocenters. The molecule has 0 aliphatic carbocycles. The second-order valence-electron chi connectivity index (χ2n) is 8.18. The molecule has 0 saturated carbocycles. The number of halogens is 2. The first-order chi connectivity index (χ1) is 18.2. The zero-order valence-corrected chi connectivity index (χ0v) is 22.5. The second kappa shape index (κ2) is 11.6. The number of nitrogens with one attached hydrogen (secondary N) is 1. The number of pyridine rings is 1. The van der Waals surface area contributed by atoms with Crippen LogP contribution in [0.1, 0.15) is 17.3 Å². The third kappa shape index (κ3) is 5.77. The van der Waals surface area contributed by atoms with E-state index in [4.69, 9.17) is 47.1 Å². The van der Waals surface area contributed by atoms with Gasteiger partial charge in [0.05, 0.1) is 38.1 Å².